The second kappa shape index (κ2) is 7.15. The first-order chi connectivity index (χ1) is 11.5. The standard InChI is InChI=1S/C20H22IO4/c1-19(2,17(22)23)13-5-9-15(10-6-13)21-16-11-7-14(8-12-16)20(3,4)18(24)25/h5-12H,1-4H3,(H,22,23)(H,24,25)/q-1. The van der Waals surface area contributed by atoms with Crippen molar-refractivity contribution in [1.29, 1.82) is 0 Å². The van der Waals surface area contributed by atoms with E-state index in [0.29, 0.717) is 0 Å². The average molecular weight is 453 g/mol. The molecule has 2 aromatic rings. The van der Waals surface area contributed by atoms with Gasteiger partial charge in [0.25, 0.3) is 0 Å². The van der Waals surface area contributed by atoms with Crippen molar-refractivity contribution in [2.45, 2.75) is 38.5 Å². The Morgan fingerprint density at radius 3 is 1.20 bits per heavy atom. The first-order valence-corrected chi connectivity index (χ1v) is 10.0. The zero-order chi connectivity index (χ0) is 18.8. The summed E-state index contributed by atoms with van der Waals surface area (Å²) in [6.07, 6.45) is 0. The molecule has 0 aliphatic carbocycles. The molecular formula is C20H22IO4-. The summed E-state index contributed by atoms with van der Waals surface area (Å²) in [7, 11) is 0. The summed E-state index contributed by atoms with van der Waals surface area (Å²) in [5.41, 5.74) is -0.236. The second-order valence-electron chi connectivity index (χ2n) is 6.97. The Kier molecular flexibility index (Phi) is 5.56. The first kappa shape index (κ1) is 19.4. The van der Waals surface area contributed by atoms with E-state index in [2.05, 4.69) is 0 Å². The van der Waals surface area contributed by atoms with Crippen LogP contribution in [-0.4, -0.2) is 22.2 Å². The molecule has 0 saturated heterocycles. The topological polar surface area (TPSA) is 74.6 Å². The van der Waals surface area contributed by atoms with Crippen molar-refractivity contribution in [3.63, 3.8) is 0 Å². The predicted octanol–water partition coefficient (Wildman–Crippen LogP) is 0.539. The summed E-state index contributed by atoms with van der Waals surface area (Å²) >= 11 is -0.397. The van der Waals surface area contributed by atoms with Crippen LogP contribution in [-0.2, 0) is 20.4 Å². The fourth-order valence-electron chi connectivity index (χ4n) is 2.23. The van der Waals surface area contributed by atoms with Crippen LogP contribution in [0.4, 0.5) is 0 Å². The third-order valence-electron chi connectivity index (χ3n) is 4.42. The number of halogens is 1. The maximum atomic E-state index is 11.3. The molecule has 0 bridgehead atoms. The molecule has 0 fully saturated rings. The molecular weight excluding hydrogens is 431 g/mol. The maximum absolute atomic E-state index is 11.3. The van der Waals surface area contributed by atoms with E-state index in [1.54, 1.807) is 27.7 Å². The van der Waals surface area contributed by atoms with E-state index < -0.39 is 44.0 Å². The third-order valence-corrected chi connectivity index (χ3v) is 7.10. The summed E-state index contributed by atoms with van der Waals surface area (Å²) in [5.74, 6) is -1.68. The molecule has 0 unspecified atom stereocenters. The summed E-state index contributed by atoms with van der Waals surface area (Å²) in [6.45, 7) is 6.79. The molecule has 134 valence electrons. The first-order valence-electron chi connectivity index (χ1n) is 7.88. The molecule has 0 heterocycles. The number of aliphatic carboxylic acids is 2. The van der Waals surface area contributed by atoms with Gasteiger partial charge in [-0.05, 0) is 0 Å². The van der Waals surface area contributed by atoms with Crippen LogP contribution in [0.5, 0.6) is 0 Å². The van der Waals surface area contributed by atoms with Crippen molar-refractivity contribution >= 4 is 11.9 Å². The zero-order valence-corrected chi connectivity index (χ0v) is 16.9. The molecule has 0 radical (unpaired) electrons. The summed E-state index contributed by atoms with van der Waals surface area (Å²) in [4.78, 5) is 22.6. The van der Waals surface area contributed by atoms with E-state index in [4.69, 9.17) is 0 Å². The van der Waals surface area contributed by atoms with Crippen molar-refractivity contribution in [3.05, 3.63) is 66.8 Å². The molecule has 0 aromatic heterocycles. The number of hydrogen-bond donors (Lipinski definition) is 2. The van der Waals surface area contributed by atoms with E-state index in [1.165, 1.54) is 7.14 Å². The number of carbonyl (C=O) groups is 2. The molecule has 0 amide bonds. The van der Waals surface area contributed by atoms with Gasteiger partial charge < -0.3 is 0 Å². The molecule has 0 atom stereocenters. The van der Waals surface area contributed by atoms with Crippen LogP contribution in [0.15, 0.2) is 48.5 Å². The van der Waals surface area contributed by atoms with E-state index in [9.17, 15) is 19.8 Å². The molecule has 4 nitrogen and oxygen atoms in total. The van der Waals surface area contributed by atoms with Crippen LogP contribution in [0.2, 0.25) is 0 Å². The number of rotatable bonds is 6. The Bertz CT molecular complexity index is 707. The van der Waals surface area contributed by atoms with Crippen molar-refractivity contribution in [3.8, 4) is 0 Å². The molecule has 0 aliphatic rings. The molecule has 2 N–H and O–H groups in total. The van der Waals surface area contributed by atoms with Crippen LogP contribution in [0.1, 0.15) is 38.8 Å². The minimum atomic E-state index is -0.902. The fourth-order valence-corrected chi connectivity index (χ4v) is 4.39. The van der Waals surface area contributed by atoms with Crippen LogP contribution < -0.4 is 21.2 Å². The number of carboxylic acid groups (broad SMARTS) is 2. The van der Waals surface area contributed by atoms with Gasteiger partial charge >= 0.3 is 158 Å². The predicted molar refractivity (Wildman–Crippen MR) is 91.6 cm³/mol. The Balaban J connectivity index is 2.15. The molecule has 2 rings (SSSR count). The summed E-state index contributed by atoms with van der Waals surface area (Å²) in [5, 5.41) is 18.6. The average Bonchev–Trinajstić information content (AvgIpc) is 2.55. The molecule has 0 aliphatic heterocycles. The van der Waals surface area contributed by atoms with Crippen LogP contribution in [0, 0.1) is 7.14 Å². The Hall–Kier alpha value is -1.89. The van der Waals surface area contributed by atoms with Gasteiger partial charge in [-0.3, -0.25) is 0 Å². The minimum absolute atomic E-state index is 0.397. The van der Waals surface area contributed by atoms with E-state index in [1.807, 2.05) is 48.5 Å². The third kappa shape index (κ3) is 4.21. The van der Waals surface area contributed by atoms with Gasteiger partial charge in [0.1, 0.15) is 0 Å². The fraction of sp³-hybridized carbons (Fsp3) is 0.300. The summed E-state index contributed by atoms with van der Waals surface area (Å²) in [6, 6.07) is 15.5. The molecule has 2 aromatic carbocycles. The van der Waals surface area contributed by atoms with Gasteiger partial charge in [-0.25, -0.2) is 0 Å². The zero-order valence-electron chi connectivity index (χ0n) is 14.7. The van der Waals surface area contributed by atoms with Gasteiger partial charge in [0, 0.05) is 0 Å². The van der Waals surface area contributed by atoms with E-state index >= 15 is 0 Å². The Morgan fingerprint density at radius 2 is 0.960 bits per heavy atom. The van der Waals surface area contributed by atoms with Gasteiger partial charge in [0.2, 0.25) is 0 Å². The second-order valence-corrected chi connectivity index (χ2v) is 10.00. The number of hydrogen-bond acceptors (Lipinski definition) is 2. The van der Waals surface area contributed by atoms with Gasteiger partial charge in [-0.15, -0.1) is 0 Å². The van der Waals surface area contributed by atoms with Crippen LogP contribution in [0.3, 0.4) is 0 Å². The molecule has 5 heteroatoms. The Labute approximate surface area is 158 Å². The van der Waals surface area contributed by atoms with Gasteiger partial charge in [0.15, 0.2) is 0 Å². The number of benzene rings is 2. The van der Waals surface area contributed by atoms with Crippen molar-refractivity contribution in [1.82, 2.24) is 0 Å². The van der Waals surface area contributed by atoms with Gasteiger partial charge in [-0.1, -0.05) is 0 Å². The van der Waals surface area contributed by atoms with E-state index in [-0.39, 0.29) is 0 Å². The molecule has 25 heavy (non-hydrogen) atoms. The van der Waals surface area contributed by atoms with Gasteiger partial charge in [0.05, 0.1) is 0 Å². The van der Waals surface area contributed by atoms with Gasteiger partial charge in [-0.2, -0.15) is 0 Å². The van der Waals surface area contributed by atoms with Crippen molar-refractivity contribution in [2.24, 2.45) is 0 Å². The Morgan fingerprint density at radius 1 is 0.680 bits per heavy atom. The van der Waals surface area contributed by atoms with E-state index in [0.717, 1.165) is 11.1 Å². The normalized spacial score (nSPS) is 12.2. The number of carboxylic acids is 2. The summed E-state index contributed by atoms with van der Waals surface area (Å²) < 4.78 is 2.38. The van der Waals surface area contributed by atoms with Crippen LogP contribution >= 0.6 is 0 Å². The molecule has 0 spiro atoms. The SMILES string of the molecule is CC(C)(C(=O)O)c1ccc([I-]c2ccc(C(C)(C)C(=O)O)cc2)cc1. The quantitative estimate of drug-likeness (QED) is 0.627. The van der Waals surface area contributed by atoms with Crippen LogP contribution in [0.25, 0.3) is 0 Å². The molecule has 0 saturated carbocycles. The monoisotopic (exact) mass is 453 g/mol. The van der Waals surface area contributed by atoms with Crippen molar-refractivity contribution < 1.29 is 41.0 Å². The van der Waals surface area contributed by atoms with Crippen molar-refractivity contribution in [2.75, 3.05) is 0 Å².